The molecule has 1 N–H and O–H groups in total. The summed E-state index contributed by atoms with van der Waals surface area (Å²) in [6.07, 6.45) is 0. The number of carbonyl (C=O) groups excluding carboxylic acids is 2. The number of hydrogen-bond donors (Lipinski definition) is 1. The van der Waals surface area contributed by atoms with Crippen molar-refractivity contribution in [3.05, 3.63) is 17.5 Å². The molecule has 0 aromatic carbocycles. The van der Waals surface area contributed by atoms with E-state index in [0.717, 1.165) is 0 Å². The Kier molecular flexibility index (Phi) is 5.31. The lowest BCUT2D eigenvalue weighted by molar-refractivity contribution is -0.144. The molecule has 0 bridgehead atoms. The zero-order valence-corrected chi connectivity index (χ0v) is 10.6. The lowest BCUT2D eigenvalue weighted by Crippen LogP contribution is -2.39. The van der Waals surface area contributed by atoms with E-state index in [9.17, 15) is 9.59 Å². The number of amides is 1. The lowest BCUT2D eigenvalue weighted by Gasteiger charge is -2.10. The van der Waals surface area contributed by atoms with Crippen molar-refractivity contribution >= 4 is 11.9 Å². The van der Waals surface area contributed by atoms with Gasteiger partial charge in [0.2, 0.25) is 0 Å². The first-order chi connectivity index (χ1) is 8.58. The molecule has 0 aliphatic heterocycles. The first-order valence-electron chi connectivity index (χ1n) is 5.50. The van der Waals surface area contributed by atoms with E-state index >= 15 is 0 Å². The van der Waals surface area contributed by atoms with Gasteiger partial charge >= 0.3 is 5.97 Å². The summed E-state index contributed by atoms with van der Waals surface area (Å²) >= 11 is 0. The van der Waals surface area contributed by atoms with E-state index in [1.165, 1.54) is 20.1 Å². The van der Waals surface area contributed by atoms with Crippen LogP contribution in [0.2, 0.25) is 0 Å². The number of aromatic nitrogens is 1. The number of nitrogens with one attached hydrogen (secondary N) is 1. The molecule has 1 heterocycles. The Hall–Kier alpha value is -1.89. The Morgan fingerprint density at radius 3 is 2.89 bits per heavy atom. The zero-order chi connectivity index (χ0) is 13.5. The molecule has 0 radical (unpaired) electrons. The van der Waals surface area contributed by atoms with Gasteiger partial charge in [0.15, 0.2) is 11.5 Å². The van der Waals surface area contributed by atoms with Gasteiger partial charge in [0.1, 0.15) is 12.6 Å². The third-order valence-corrected chi connectivity index (χ3v) is 2.07. The predicted octanol–water partition coefficient (Wildman–Crippen LogP) is 0.502. The van der Waals surface area contributed by atoms with E-state index in [1.54, 1.807) is 6.92 Å². The summed E-state index contributed by atoms with van der Waals surface area (Å²) in [7, 11) is 1.51. The van der Waals surface area contributed by atoms with Crippen molar-refractivity contribution in [2.45, 2.75) is 26.5 Å². The summed E-state index contributed by atoms with van der Waals surface area (Å²) in [5, 5.41) is 6.03. The van der Waals surface area contributed by atoms with E-state index in [2.05, 4.69) is 10.5 Å². The quantitative estimate of drug-likeness (QED) is 0.745. The van der Waals surface area contributed by atoms with Crippen LogP contribution in [0, 0.1) is 0 Å². The van der Waals surface area contributed by atoms with Crippen LogP contribution in [-0.2, 0) is 20.9 Å². The van der Waals surface area contributed by atoms with Crippen molar-refractivity contribution in [3.63, 3.8) is 0 Å². The molecular formula is C11H16N2O5. The van der Waals surface area contributed by atoms with Crippen LogP contribution in [0.4, 0.5) is 0 Å². The topological polar surface area (TPSA) is 90.7 Å². The average molecular weight is 256 g/mol. The van der Waals surface area contributed by atoms with Crippen LogP contribution < -0.4 is 5.32 Å². The molecule has 0 saturated carbocycles. The minimum absolute atomic E-state index is 0.0956. The molecule has 0 fully saturated rings. The third kappa shape index (κ3) is 3.85. The van der Waals surface area contributed by atoms with Crippen LogP contribution in [0.3, 0.4) is 0 Å². The Balaban J connectivity index is 2.56. The first kappa shape index (κ1) is 14.2. The van der Waals surface area contributed by atoms with Crippen LogP contribution in [-0.4, -0.2) is 36.8 Å². The summed E-state index contributed by atoms with van der Waals surface area (Å²) in [6, 6.07) is 0.719. The smallest absolute Gasteiger partial charge is 0.328 e. The van der Waals surface area contributed by atoms with Crippen LogP contribution in [0.25, 0.3) is 0 Å². The van der Waals surface area contributed by atoms with E-state index in [1.807, 2.05) is 0 Å². The number of nitrogens with zero attached hydrogens (tertiary/aromatic N) is 1. The fourth-order valence-electron chi connectivity index (χ4n) is 1.23. The maximum Gasteiger partial charge on any atom is 0.328 e. The van der Waals surface area contributed by atoms with E-state index < -0.39 is 17.9 Å². The van der Waals surface area contributed by atoms with Crippen molar-refractivity contribution in [2.24, 2.45) is 0 Å². The van der Waals surface area contributed by atoms with Gasteiger partial charge in [-0.3, -0.25) is 4.79 Å². The van der Waals surface area contributed by atoms with Crippen LogP contribution >= 0.6 is 0 Å². The Bertz CT molecular complexity index is 415. The maximum atomic E-state index is 11.7. The molecule has 1 rings (SSSR count). The summed E-state index contributed by atoms with van der Waals surface area (Å²) in [4.78, 5) is 23.0. The van der Waals surface area contributed by atoms with Crippen molar-refractivity contribution < 1.29 is 23.6 Å². The minimum Gasteiger partial charge on any atom is -0.464 e. The fraction of sp³-hybridized carbons (Fsp3) is 0.545. The van der Waals surface area contributed by atoms with E-state index in [0.29, 0.717) is 5.76 Å². The van der Waals surface area contributed by atoms with Gasteiger partial charge in [-0.25, -0.2) is 4.79 Å². The van der Waals surface area contributed by atoms with Gasteiger partial charge in [-0.2, -0.15) is 0 Å². The number of carbonyl (C=O) groups is 2. The molecule has 1 amide bonds. The largest absolute Gasteiger partial charge is 0.464 e. The molecule has 0 saturated heterocycles. The van der Waals surface area contributed by atoms with Crippen LogP contribution in [0.5, 0.6) is 0 Å². The highest BCUT2D eigenvalue weighted by Gasteiger charge is 2.19. The minimum atomic E-state index is -0.736. The number of esters is 1. The monoisotopic (exact) mass is 256 g/mol. The maximum absolute atomic E-state index is 11.7. The fourth-order valence-corrected chi connectivity index (χ4v) is 1.23. The number of ether oxygens (including phenoxy) is 2. The Labute approximate surface area is 104 Å². The highest BCUT2D eigenvalue weighted by molar-refractivity contribution is 5.95. The second kappa shape index (κ2) is 6.75. The third-order valence-electron chi connectivity index (χ3n) is 2.07. The Morgan fingerprint density at radius 1 is 1.56 bits per heavy atom. The van der Waals surface area contributed by atoms with Gasteiger partial charge in [0.25, 0.3) is 5.91 Å². The number of methoxy groups -OCH3 is 1. The second-order valence-electron chi connectivity index (χ2n) is 3.56. The number of rotatable bonds is 6. The van der Waals surface area contributed by atoms with Gasteiger partial charge in [-0.1, -0.05) is 5.16 Å². The van der Waals surface area contributed by atoms with Crippen molar-refractivity contribution in [1.82, 2.24) is 10.5 Å². The van der Waals surface area contributed by atoms with Gasteiger partial charge < -0.3 is 19.3 Å². The molecule has 1 aromatic heterocycles. The molecule has 0 spiro atoms. The highest BCUT2D eigenvalue weighted by atomic mass is 16.5. The van der Waals surface area contributed by atoms with Crippen LogP contribution in [0.1, 0.15) is 30.1 Å². The van der Waals surface area contributed by atoms with Crippen molar-refractivity contribution in [1.29, 1.82) is 0 Å². The van der Waals surface area contributed by atoms with Gasteiger partial charge in [-0.15, -0.1) is 0 Å². The molecule has 7 nitrogen and oxygen atoms in total. The molecule has 100 valence electrons. The Morgan fingerprint density at radius 2 is 2.28 bits per heavy atom. The summed E-state index contributed by atoms with van der Waals surface area (Å²) in [5.74, 6) is -0.556. The van der Waals surface area contributed by atoms with Gasteiger partial charge in [-0.05, 0) is 13.8 Å². The molecule has 0 aliphatic rings. The normalized spacial score (nSPS) is 11.9. The second-order valence-corrected chi connectivity index (χ2v) is 3.56. The molecule has 7 heteroatoms. The summed E-state index contributed by atoms with van der Waals surface area (Å²) < 4.78 is 14.5. The zero-order valence-electron chi connectivity index (χ0n) is 10.6. The molecule has 0 aliphatic carbocycles. The van der Waals surface area contributed by atoms with Gasteiger partial charge in [0, 0.05) is 13.2 Å². The van der Waals surface area contributed by atoms with Gasteiger partial charge in [0.05, 0.1) is 6.61 Å². The summed E-state index contributed by atoms with van der Waals surface area (Å²) in [6.45, 7) is 3.72. The van der Waals surface area contributed by atoms with E-state index in [4.69, 9.17) is 14.0 Å². The van der Waals surface area contributed by atoms with Crippen LogP contribution in [0.15, 0.2) is 10.6 Å². The summed E-state index contributed by atoms with van der Waals surface area (Å²) in [5.41, 5.74) is 0.0956. The highest BCUT2D eigenvalue weighted by Crippen LogP contribution is 2.05. The molecule has 1 unspecified atom stereocenters. The van der Waals surface area contributed by atoms with E-state index in [-0.39, 0.29) is 18.9 Å². The lowest BCUT2D eigenvalue weighted by atomic mass is 10.3. The first-order valence-corrected chi connectivity index (χ1v) is 5.50. The van der Waals surface area contributed by atoms with Crippen molar-refractivity contribution in [2.75, 3.05) is 13.7 Å². The molecule has 1 atom stereocenters. The molecule has 1 aromatic rings. The van der Waals surface area contributed by atoms with Crippen molar-refractivity contribution in [3.8, 4) is 0 Å². The average Bonchev–Trinajstić information content (AvgIpc) is 2.78. The standard InChI is InChI=1S/C11H16N2O5/c1-4-17-11(15)7(2)12-10(14)9-5-8(6-16-3)18-13-9/h5,7H,4,6H2,1-3H3,(H,12,14). The number of hydrogen-bond acceptors (Lipinski definition) is 6. The predicted molar refractivity (Wildman–Crippen MR) is 60.8 cm³/mol. The molecule has 18 heavy (non-hydrogen) atoms. The SMILES string of the molecule is CCOC(=O)C(C)NC(=O)c1cc(COC)on1. The molecular weight excluding hydrogens is 240 g/mol.